The highest BCUT2D eigenvalue weighted by Crippen LogP contribution is 2.38. The van der Waals surface area contributed by atoms with E-state index in [-0.39, 0.29) is 5.91 Å². The number of hydrogen-bond acceptors (Lipinski definition) is 7. The van der Waals surface area contributed by atoms with E-state index in [0.29, 0.717) is 59.4 Å². The zero-order valence-electron chi connectivity index (χ0n) is 16.9. The van der Waals surface area contributed by atoms with Crippen molar-refractivity contribution < 1.29 is 28.2 Å². The van der Waals surface area contributed by atoms with Gasteiger partial charge < -0.3 is 28.7 Å². The second kappa shape index (κ2) is 9.29. The number of hydrogen-bond donors (Lipinski definition) is 1. The lowest BCUT2D eigenvalue weighted by Gasteiger charge is -2.14. The van der Waals surface area contributed by atoms with Gasteiger partial charge in [0.1, 0.15) is 5.52 Å². The molecular formula is C21H24N2O6. The first-order valence-corrected chi connectivity index (χ1v) is 9.05. The molecule has 0 bridgehead atoms. The monoisotopic (exact) mass is 400 g/mol. The number of methoxy groups -OCH3 is 4. The van der Waals surface area contributed by atoms with Crippen LogP contribution < -0.4 is 19.5 Å². The molecule has 1 amide bonds. The molecule has 2 aromatic carbocycles. The molecule has 0 saturated heterocycles. The van der Waals surface area contributed by atoms with E-state index in [1.165, 1.54) is 0 Å². The molecule has 3 aromatic rings. The molecule has 1 N–H and O–H groups in total. The molecule has 0 unspecified atom stereocenters. The summed E-state index contributed by atoms with van der Waals surface area (Å²) in [6.45, 7) is 0.817. The number of amides is 1. The van der Waals surface area contributed by atoms with Gasteiger partial charge in [0.05, 0.1) is 27.9 Å². The summed E-state index contributed by atoms with van der Waals surface area (Å²) in [6.07, 6.45) is 0.577. The number of aromatic nitrogens is 1. The van der Waals surface area contributed by atoms with Crippen LogP contribution in [0.25, 0.3) is 11.1 Å². The van der Waals surface area contributed by atoms with Gasteiger partial charge in [-0.05, 0) is 35.9 Å². The fraction of sp³-hybridized carbons (Fsp3) is 0.333. The van der Waals surface area contributed by atoms with Crippen LogP contribution in [-0.2, 0) is 17.7 Å². The van der Waals surface area contributed by atoms with Crippen LogP contribution in [0.5, 0.6) is 17.2 Å². The number of oxazole rings is 1. The number of carbonyl (C=O) groups excluding carboxylic acids is 1. The van der Waals surface area contributed by atoms with Gasteiger partial charge in [-0.1, -0.05) is 0 Å². The van der Waals surface area contributed by atoms with Gasteiger partial charge >= 0.3 is 0 Å². The highest BCUT2D eigenvalue weighted by Gasteiger charge is 2.15. The van der Waals surface area contributed by atoms with Gasteiger partial charge in [-0.25, -0.2) is 4.98 Å². The zero-order chi connectivity index (χ0) is 20.8. The Bertz CT molecular complexity index is 973. The van der Waals surface area contributed by atoms with Gasteiger partial charge in [-0.2, -0.15) is 0 Å². The molecule has 1 heterocycles. The fourth-order valence-corrected chi connectivity index (χ4v) is 2.93. The summed E-state index contributed by atoms with van der Waals surface area (Å²) < 4.78 is 26.7. The lowest BCUT2D eigenvalue weighted by atomic mass is 10.1. The van der Waals surface area contributed by atoms with E-state index in [0.717, 1.165) is 5.56 Å². The third-order valence-corrected chi connectivity index (χ3v) is 4.39. The van der Waals surface area contributed by atoms with Crippen LogP contribution in [0.15, 0.2) is 34.7 Å². The second-order valence-corrected chi connectivity index (χ2v) is 6.25. The van der Waals surface area contributed by atoms with Crippen molar-refractivity contribution in [3.8, 4) is 17.2 Å². The minimum Gasteiger partial charge on any atom is -0.493 e. The van der Waals surface area contributed by atoms with Gasteiger partial charge in [0.25, 0.3) is 5.91 Å². The molecule has 0 saturated carbocycles. The maximum atomic E-state index is 12.6. The van der Waals surface area contributed by atoms with Crippen LogP contribution in [0.4, 0.5) is 0 Å². The van der Waals surface area contributed by atoms with E-state index in [1.54, 1.807) is 58.8 Å². The number of benzene rings is 2. The third-order valence-electron chi connectivity index (χ3n) is 4.39. The smallest absolute Gasteiger partial charge is 0.251 e. The Morgan fingerprint density at radius 1 is 1.03 bits per heavy atom. The van der Waals surface area contributed by atoms with Crippen molar-refractivity contribution in [1.29, 1.82) is 0 Å². The molecule has 0 aliphatic carbocycles. The van der Waals surface area contributed by atoms with Crippen LogP contribution in [-0.4, -0.2) is 45.9 Å². The van der Waals surface area contributed by atoms with Crippen LogP contribution in [0, 0.1) is 0 Å². The van der Waals surface area contributed by atoms with Crippen LogP contribution in [0.3, 0.4) is 0 Å². The summed E-state index contributed by atoms with van der Waals surface area (Å²) in [4.78, 5) is 17.0. The van der Waals surface area contributed by atoms with E-state index >= 15 is 0 Å². The van der Waals surface area contributed by atoms with Gasteiger partial charge in [0.15, 0.2) is 23.0 Å². The predicted molar refractivity (Wildman–Crippen MR) is 107 cm³/mol. The first-order valence-electron chi connectivity index (χ1n) is 9.05. The zero-order valence-corrected chi connectivity index (χ0v) is 16.9. The molecular weight excluding hydrogens is 376 g/mol. The van der Waals surface area contributed by atoms with Gasteiger partial charge in [-0.3, -0.25) is 4.79 Å². The van der Waals surface area contributed by atoms with E-state index in [4.69, 9.17) is 23.4 Å². The summed E-state index contributed by atoms with van der Waals surface area (Å²) >= 11 is 0. The molecule has 3 rings (SSSR count). The Morgan fingerprint density at radius 2 is 1.76 bits per heavy atom. The van der Waals surface area contributed by atoms with Crippen molar-refractivity contribution >= 4 is 17.0 Å². The largest absolute Gasteiger partial charge is 0.493 e. The van der Waals surface area contributed by atoms with Crippen LogP contribution in [0.2, 0.25) is 0 Å². The summed E-state index contributed by atoms with van der Waals surface area (Å²) in [6, 6.07) is 8.76. The highest BCUT2D eigenvalue weighted by molar-refractivity contribution is 5.97. The first kappa shape index (κ1) is 20.5. The summed E-state index contributed by atoms with van der Waals surface area (Å²) in [5.41, 5.74) is 2.57. The Kier molecular flexibility index (Phi) is 6.56. The number of nitrogens with zero attached hydrogens (tertiary/aromatic N) is 1. The maximum Gasteiger partial charge on any atom is 0.251 e. The Morgan fingerprint density at radius 3 is 2.38 bits per heavy atom. The molecule has 0 radical (unpaired) electrons. The molecule has 29 heavy (non-hydrogen) atoms. The van der Waals surface area contributed by atoms with Crippen molar-refractivity contribution in [3.05, 3.63) is 47.3 Å². The van der Waals surface area contributed by atoms with E-state index in [9.17, 15) is 4.79 Å². The Balaban J connectivity index is 1.73. The minimum atomic E-state index is -0.226. The van der Waals surface area contributed by atoms with Crippen LogP contribution in [0.1, 0.15) is 21.8 Å². The van der Waals surface area contributed by atoms with Crippen molar-refractivity contribution in [2.24, 2.45) is 0 Å². The van der Waals surface area contributed by atoms with Gasteiger partial charge in [0.2, 0.25) is 5.75 Å². The van der Waals surface area contributed by atoms with Crippen molar-refractivity contribution in [1.82, 2.24) is 10.3 Å². The van der Waals surface area contributed by atoms with E-state index in [2.05, 4.69) is 10.3 Å². The standard InChI is InChI=1S/C21H24N2O6/c1-25-8-7-19-23-15-6-5-14(11-16(15)29-19)21(24)22-12-13-9-17(26-2)20(28-4)18(10-13)27-3/h5-6,9-11H,7-8,12H2,1-4H3,(H,22,24). The average Bonchev–Trinajstić information content (AvgIpc) is 3.17. The van der Waals surface area contributed by atoms with Crippen molar-refractivity contribution in [3.63, 3.8) is 0 Å². The number of ether oxygens (including phenoxy) is 4. The quantitative estimate of drug-likeness (QED) is 0.590. The lowest BCUT2D eigenvalue weighted by Crippen LogP contribution is -2.22. The molecule has 0 aliphatic heterocycles. The van der Waals surface area contributed by atoms with Gasteiger partial charge in [-0.15, -0.1) is 0 Å². The molecule has 1 aromatic heterocycles. The topological polar surface area (TPSA) is 92.1 Å². The van der Waals surface area contributed by atoms with E-state index in [1.807, 2.05) is 0 Å². The molecule has 0 aliphatic rings. The molecule has 8 heteroatoms. The Hall–Kier alpha value is -3.26. The number of nitrogens with one attached hydrogen (secondary N) is 1. The predicted octanol–water partition coefficient (Wildman–Crippen LogP) is 2.97. The Labute approximate surface area is 168 Å². The van der Waals surface area contributed by atoms with Gasteiger partial charge in [0, 0.05) is 25.6 Å². The molecule has 8 nitrogen and oxygen atoms in total. The summed E-state index contributed by atoms with van der Waals surface area (Å²) in [5.74, 6) is 1.92. The summed E-state index contributed by atoms with van der Waals surface area (Å²) in [7, 11) is 6.27. The highest BCUT2D eigenvalue weighted by atomic mass is 16.5. The maximum absolute atomic E-state index is 12.6. The number of fused-ring (bicyclic) bond motifs is 1. The SMILES string of the molecule is COCCc1nc2ccc(C(=O)NCc3cc(OC)c(OC)c(OC)c3)cc2o1. The molecule has 154 valence electrons. The second-order valence-electron chi connectivity index (χ2n) is 6.25. The fourth-order valence-electron chi connectivity index (χ4n) is 2.93. The number of carbonyl (C=O) groups is 1. The van der Waals surface area contributed by atoms with Crippen molar-refractivity contribution in [2.45, 2.75) is 13.0 Å². The molecule has 0 atom stereocenters. The normalized spacial score (nSPS) is 10.8. The molecule has 0 fully saturated rings. The van der Waals surface area contributed by atoms with Crippen molar-refractivity contribution in [2.75, 3.05) is 35.0 Å². The van der Waals surface area contributed by atoms with E-state index < -0.39 is 0 Å². The molecule has 0 spiro atoms. The number of rotatable bonds is 9. The summed E-state index contributed by atoms with van der Waals surface area (Å²) in [5, 5.41) is 2.89. The third kappa shape index (κ3) is 4.60. The average molecular weight is 400 g/mol. The first-order chi connectivity index (χ1) is 14.1. The lowest BCUT2D eigenvalue weighted by molar-refractivity contribution is 0.0951. The van der Waals surface area contributed by atoms with Crippen LogP contribution >= 0.6 is 0 Å². The minimum absolute atomic E-state index is 0.226.